The Hall–Kier alpha value is -2.39. The van der Waals surface area contributed by atoms with E-state index in [1.54, 1.807) is 29.8 Å². The normalized spacial score (nSPS) is 12.3. The van der Waals surface area contributed by atoms with Crippen molar-refractivity contribution in [2.24, 2.45) is 12.8 Å². The fraction of sp³-hybridized carbons (Fsp3) is 0.250. The molecule has 1 aromatic carbocycles. The van der Waals surface area contributed by atoms with E-state index >= 15 is 0 Å². The van der Waals surface area contributed by atoms with Crippen molar-refractivity contribution in [3.63, 3.8) is 0 Å². The zero-order chi connectivity index (χ0) is 13.3. The number of rotatable bonds is 3. The predicted molar refractivity (Wildman–Crippen MR) is 64.7 cm³/mol. The number of nitrogens with zero attached hydrogens (tertiary/aromatic N) is 3. The fourth-order valence-corrected chi connectivity index (χ4v) is 1.79. The number of carbonyl (C=O) groups is 1. The number of hydrogen-bond donors (Lipinski definition) is 2. The van der Waals surface area contributed by atoms with Gasteiger partial charge in [0.2, 0.25) is 0 Å². The first-order valence-electron chi connectivity index (χ1n) is 5.36. The van der Waals surface area contributed by atoms with Crippen LogP contribution in [-0.4, -0.2) is 26.7 Å². The lowest BCUT2D eigenvalue weighted by Gasteiger charge is -2.05. The van der Waals surface area contributed by atoms with E-state index in [-0.39, 0.29) is 6.42 Å². The van der Waals surface area contributed by atoms with Crippen molar-refractivity contribution in [2.75, 3.05) is 0 Å². The number of aromatic nitrogens is 2. The number of carboxylic acid groups (broad SMARTS) is 1. The van der Waals surface area contributed by atoms with E-state index in [9.17, 15) is 4.79 Å². The molecule has 3 N–H and O–H groups in total. The van der Waals surface area contributed by atoms with Crippen LogP contribution in [0.1, 0.15) is 11.4 Å². The first-order valence-corrected chi connectivity index (χ1v) is 5.36. The van der Waals surface area contributed by atoms with Crippen molar-refractivity contribution in [3.05, 3.63) is 29.6 Å². The summed E-state index contributed by atoms with van der Waals surface area (Å²) in [5.74, 6) is -0.463. The Bertz CT molecular complexity index is 654. The van der Waals surface area contributed by atoms with Crippen LogP contribution in [-0.2, 0) is 18.3 Å². The van der Waals surface area contributed by atoms with Gasteiger partial charge in [-0.1, -0.05) is 0 Å². The van der Waals surface area contributed by atoms with Gasteiger partial charge in [-0.3, -0.25) is 4.79 Å². The van der Waals surface area contributed by atoms with Gasteiger partial charge in [0.25, 0.3) is 0 Å². The maximum atomic E-state index is 10.7. The molecule has 0 amide bonds. The smallest absolute Gasteiger partial charge is 0.320 e. The minimum atomic E-state index is -1.06. The SMILES string of the molecule is Cn1c(C[C@H](N)C(=O)O)nc2cc(C#N)ccc21. The molecule has 0 saturated carbocycles. The molecular formula is C12H12N4O2. The van der Waals surface area contributed by atoms with E-state index in [1.165, 1.54) is 0 Å². The second-order valence-electron chi connectivity index (χ2n) is 4.05. The highest BCUT2D eigenvalue weighted by molar-refractivity contribution is 5.78. The largest absolute Gasteiger partial charge is 0.480 e. The van der Waals surface area contributed by atoms with Crippen LogP contribution in [0, 0.1) is 11.3 Å². The zero-order valence-corrected chi connectivity index (χ0v) is 9.79. The highest BCUT2D eigenvalue weighted by Crippen LogP contribution is 2.17. The van der Waals surface area contributed by atoms with Crippen molar-refractivity contribution >= 4 is 17.0 Å². The molecule has 1 atom stereocenters. The molecule has 0 bridgehead atoms. The van der Waals surface area contributed by atoms with Gasteiger partial charge in [0.1, 0.15) is 11.9 Å². The Morgan fingerprint density at radius 2 is 2.39 bits per heavy atom. The van der Waals surface area contributed by atoms with Crippen LogP contribution in [0.5, 0.6) is 0 Å². The van der Waals surface area contributed by atoms with Gasteiger partial charge >= 0.3 is 5.97 Å². The molecule has 0 spiro atoms. The van der Waals surface area contributed by atoms with E-state index < -0.39 is 12.0 Å². The Labute approximate surface area is 103 Å². The van der Waals surface area contributed by atoms with Crippen molar-refractivity contribution < 1.29 is 9.90 Å². The first-order chi connectivity index (χ1) is 8.52. The molecule has 0 fully saturated rings. The topological polar surface area (TPSA) is 105 Å². The van der Waals surface area contributed by atoms with Gasteiger partial charge in [-0.05, 0) is 18.2 Å². The minimum absolute atomic E-state index is 0.155. The number of hydrogen-bond acceptors (Lipinski definition) is 4. The van der Waals surface area contributed by atoms with Crippen molar-refractivity contribution in [1.29, 1.82) is 5.26 Å². The molecule has 0 radical (unpaired) electrons. The van der Waals surface area contributed by atoms with Gasteiger partial charge in [-0.25, -0.2) is 4.98 Å². The molecule has 1 aromatic heterocycles. The monoisotopic (exact) mass is 244 g/mol. The summed E-state index contributed by atoms with van der Waals surface area (Å²) in [6, 6.07) is 6.22. The lowest BCUT2D eigenvalue weighted by molar-refractivity contribution is -0.138. The van der Waals surface area contributed by atoms with E-state index in [0.29, 0.717) is 16.9 Å². The summed E-state index contributed by atoms with van der Waals surface area (Å²) in [7, 11) is 1.80. The predicted octanol–water partition coefficient (Wildman–Crippen LogP) is 0.399. The van der Waals surface area contributed by atoms with Crippen LogP contribution in [0.25, 0.3) is 11.0 Å². The number of aryl methyl sites for hydroxylation is 1. The Balaban J connectivity index is 2.44. The van der Waals surface area contributed by atoms with Crippen molar-refractivity contribution in [1.82, 2.24) is 9.55 Å². The fourth-order valence-electron chi connectivity index (χ4n) is 1.79. The average Bonchev–Trinajstić information content (AvgIpc) is 2.65. The highest BCUT2D eigenvalue weighted by Gasteiger charge is 2.16. The minimum Gasteiger partial charge on any atom is -0.480 e. The van der Waals surface area contributed by atoms with Crippen LogP contribution in [0.2, 0.25) is 0 Å². The first kappa shape index (κ1) is 12.1. The van der Waals surface area contributed by atoms with Gasteiger partial charge in [0, 0.05) is 13.5 Å². The number of nitrogens with two attached hydrogens (primary N) is 1. The van der Waals surface area contributed by atoms with Crippen LogP contribution in [0.4, 0.5) is 0 Å². The highest BCUT2D eigenvalue weighted by atomic mass is 16.4. The van der Waals surface area contributed by atoms with E-state index in [0.717, 1.165) is 5.52 Å². The molecule has 92 valence electrons. The molecule has 0 aliphatic carbocycles. The molecule has 6 nitrogen and oxygen atoms in total. The summed E-state index contributed by atoms with van der Waals surface area (Å²) in [5.41, 5.74) is 7.53. The molecule has 2 rings (SSSR count). The van der Waals surface area contributed by atoms with Gasteiger partial charge < -0.3 is 15.4 Å². The van der Waals surface area contributed by atoms with E-state index in [4.69, 9.17) is 16.1 Å². The van der Waals surface area contributed by atoms with Crippen LogP contribution in [0.3, 0.4) is 0 Å². The van der Waals surface area contributed by atoms with Crippen LogP contribution < -0.4 is 5.73 Å². The Morgan fingerprint density at radius 1 is 1.67 bits per heavy atom. The molecule has 0 aliphatic heterocycles. The third-order valence-electron chi connectivity index (χ3n) is 2.82. The van der Waals surface area contributed by atoms with Gasteiger partial charge in [-0.2, -0.15) is 5.26 Å². The summed E-state index contributed by atoms with van der Waals surface area (Å²) < 4.78 is 1.79. The summed E-state index contributed by atoms with van der Waals surface area (Å²) >= 11 is 0. The standard InChI is InChI=1S/C12H12N4O2/c1-16-10-3-2-7(6-13)4-9(10)15-11(16)5-8(14)12(17)18/h2-4,8H,5,14H2,1H3,(H,17,18)/t8-/m0/s1. The number of aliphatic carboxylic acids is 1. The summed E-state index contributed by atoms with van der Waals surface area (Å²) in [6.45, 7) is 0. The molecule has 18 heavy (non-hydrogen) atoms. The Kier molecular flexibility index (Phi) is 3.00. The lowest BCUT2D eigenvalue weighted by Crippen LogP contribution is -2.33. The van der Waals surface area contributed by atoms with Gasteiger partial charge in [-0.15, -0.1) is 0 Å². The Morgan fingerprint density at radius 3 is 3.00 bits per heavy atom. The van der Waals surface area contributed by atoms with Crippen LogP contribution >= 0.6 is 0 Å². The molecule has 2 aromatic rings. The van der Waals surface area contributed by atoms with E-state index in [2.05, 4.69) is 4.98 Å². The second kappa shape index (κ2) is 4.47. The van der Waals surface area contributed by atoms with E-state index in [1.807, 2.05) is 6.07 Å². The summed E-state index contributed by atoms with van der Waals surface area (Å²) in [5, 5.41) is 17.6. The molecular weight excluding hydrogens is 232 g/mol. The molecule has 0 saturated heterocycles. The zero-order valence-electron chi connectivity index (χ0n) is 9.79. The summed E-state index contributed by atoms with van der Waals surface area (Å²) in [6.07, 6.45) is 0.155. The molecule has 0 unspecified atom stereocenters. The number of nitriles is 1. The van der Waals surface area contributed by atoms with Gasteiger partial charge in [0.15, 0.2) is 0 Å². The van der Waals surface area contributed by atoms with Crippen LogP contribution in [0.15, 0.2) is 18.2 Å². The van der Waals surface area contributed by atoms with Crippen molar-refractivity contribution in [2.45, 2.75) is 12.5 Å². The summed E-state index contributed by atoms with van der Waals surface area (Å²) in [4.78, 5) is 15.0. The number of benzene rings is 1. The number of carboxylic acids is 1. The molecule has 0 aliphatic rings. The third-order valence-corrected chi connectivity index (χ3v) is 2.82. The molecule has 6 heteroatoms. The number of fused-ring (bicyclic) bond motifs is 1. The van der Waals surface area contributed by atoms with Gasteiger partial charge in [0.05, 0.1) is 22.7 Å². The molecule has 1 heterocycles. The maximum Gasteiger partial charge on any atom is 0.320 e. The van der Waals surface area contributed by atoms with Crippen molar-refractivity contribution in [3.8, 4) is 6.07 Å². The number of imidazole rings is 1. The maximum absolute atomic E-state index is 10.7. The lowest BCUT2D eigenvalue weighted by atomic mass is 10.2. The average molecular weight is 244 g/mol. The second-order valence-corrected chi connectivity index (χ2v) is 4.05. The quantitative estimate of drug-likeness (QED) is 0.813. The third kappa shape index (κ3) is 2.04.